The highest BCUT2D eigenvalue weighted by atomic mass is 16.5. The first-order valence-corrected chi connectivity index (χ1v) is 6.59. The molecule has 1 fully saturated rings. The summed E-state index contributed by atoms with van der Waals surface area (Å²) >= 11 is 0. The Hall–Kier alpha value is -1.43. The number of amides is 1. The van der Waals surface area contributed by atoms with Crippen molar-refractivity contribution < 1.29 is 14.6 Å². The number of morpholine rings is 1. The maximum Gasteiger partial charge on any atom is 0.239 e. The summed E-state index contributed by atoms with van der Waals surface area (Å²) < 4.78 is 5.23. The van der Waals surface area contributed by atoms with E-state index in [4.69, 9.17) is 4.74 Å². The van der Waals surface area contributed by atoms with Crippen LogP contribution < -0.4 is 10.6 Å². The molecular weight excluding hydrogens is 244 g/mol. The first-order valence-electron chi connectivity index (χ1n) is 6.59. The number of hydrogen-bond acceptors (Lipinski definition) is 4. The molecule has 1 heterocycles. The van der Waals surface area contributed by atoms with Gasteiger partial charge in [-0.25, -0.2) is 0 Å². The fourth-order valence-electron chi connectivity index (χ4n) is 2.03. The predicted octanol–water partition coefficient (Wildman–Crippen LogP) is 0.215. The van der Waals surface area contributed by atoms with Gasteiger partial charge in [-0.3, -0.25) is 4.79 Å². The Morgan fingerprint density at radius 2 is 2.26 bits per heavy atom. The van der Waals surface area contributed by atoms with E-state index in [0.29, 0.717) is 32.7 Å². The summed E-state index contributed by atoms with van der Waals surface area (Å²) in [6.45, 7) is 2.21. The number of carbonyl (C=O) groups excluding carboxylic acids is 1. The Balaban J connectivity index is 1.69. The van der Waals surface area contributed by atoms with Crippen LogP contribution in [0, 0.1) is 0 Å². The van der Waals surface area contributed by atoms with E-state index >= 15 is 0 Å². The number of aliphatic hydroxyl groups excluding tert-OH is 1. The van der Waals surface area contributed by atoms with E-state index in [1.807, 2.05) is 30.3 Å². The van der Waals surface area contributed by atoms with Crippen molar-refractivity contribution in [2.24, 2.45) is 0 Å². The van der Waals surface area contributed by atoms with Gasteiger partial charge in [0.15, 0.2) is 0 Å². The third-order valence-electron chi connectivity index (χ3n) is 3.14. The molecule has 2 unspecified atom stereocenters. The van der Waals surface area contributed by atoms with Crippen molar-refractivity contribution in [2.75, 3.05) is 26.3 Å². The molecule has 0 bridgehead atoms. The number of ether oxygens (including phenoxy) is 1. The van der Waals surface area contributed by atoms with Crippen molar-refractivity contribution in [1.82, 2.24) is 10.6 Å². The number of rotatable bonds is 5. The first kappa shape index (κ1) is 14.0. The quantitative estimate of drug-likeness (QED) is 0.711. The molecule has 0 radical (unpaired) electrons. The Morgan fingerprint density at radius 3 is 2.95 bits per heavy atom. The van der Waals surface area contributed by atoms with E-state index in [1.54, 1.807) is 0 Å². The van der Waals surface area contributed by atoms with Crippen LogP contribution in [-0.4, -0.2) is 43.4 Å². The van der Waals surface area contributed by atoms with Crippen molar-refractivity contribution in [3.05, 3.63) is 35.9 Å². The van der Waals surface area contributed by atoms with Gasteiger partial charge in [0.05, 0.1) is 19.3 Å². The Kier molecular flexibility index (Phi) is 5.32. The van der Waals surface area contributed by atoms with Gasteiger partial charge in [-0.05, 0) is 12.0 Å². The zero-order valence-electron chi connectivity index (χ0n) is 10.8. The molecule has 0 spiro atoms. The summed E-state index contributed by atoms with van der Waals surface area (Å²) in [5, 5.41) is 15.9. The van der Waals surface area contributed by atoms with Gasteiger partial charge in [-0.15, -0.1) is 0 Å². The van der Waals surface area contributed by atoms with Crippen LogP contribution in [0.15, 0.2) is 30.3 Å². The smallest absolute Gasteiger partial charge is 0.239 e. The van der Waals surface area contributed by atoms with E-state index < -0.39 is 6.10 Å². The summed E-state index contributed by atoms with van der Waals surface area (Å²) in [6.07, 6.45) is -0.0411. The molecule has 1 amide bonds. The van der Waals surface area contributed by atoms with E-state index in [-0.39, 0.29) is 11.9 Å². The van der Waals surface area contributed by atoms with Crippen LogP contribution in [0.2, 0.25) is 0 Å². The van der Waals surface area contributed by atoms with Crippen LogP contribution in [0.5, 0.6) is 0 Å². The van der Waals surface area contributed by atoms with Gasteiger partial charge in [0.1, 0.15) is 6.04 Å². The van der Waals surface area contributed by atoms with Gasteiger partial charge in [0, 0.05) is 13.1 Å². The molecule has 2 rings (SSSR count). The minimum absolute atomic E-state index is 0.0695. The highest BCUT2D eigenvalue weighted by Crippen LogP contribution is 2.14. The minimum atomic E-state index is -0.544. The molecule has 1 aromatic rings. The summed E-state index contributed by atoms with van der Waals surface area (Å²) in [7, 11) is 0. The van der Waals surface area contributed by atoms with Gasteiger partial charge < -0.3 is 20.5 Å². The van der Waals surface area contributed by atoms with E-state index in [1.165, 1.54) is 0 Å². The lowest BCUT2D eigenvalue weighted by Crippen LogP contribution is -2.51. The molecule has 0 aliphatic carbocycles. The Bertz CT molecular complexity index is 391. The molecule has 3 N–H and O–H groups in total. The molecule has 0 saturated carbocycles. The van der Waals surface area contributed by atoms with Crippen LogP contribution in [-0.2, 0) is 9.53 Å². The highest BCUT2D eigenvalue weighted by molar-refractivity contribution is 5.81. The summed E-state index contributed by atoms with van der Waals surface area (Å²) in [4.78, 5) is 11.8. The number of hydrogen-bond donors (Lipinski definition) is 3. The molecule has 2 atom stereocenters. The van der Waals surface area contributed by atoms with Gasteiger partial charge in [-0.1, -0.05) is 30.3 Å². The SMILES string of the molecule is O=C(NCCC(O)c1ccccc1)C1COCCN1. The fourth-order valence-corrected chi connectivity index (χ4v) is 2.03. The average Bonchev–Trinajstić information content (AvgIpc) is 2.49. The second-order valence-corrected chi connectivity index (χ2v) is 4.59. The molecule has 1 aromatic carbocycles. The summed E-state index contributed by atoms with van der Waals surface area (Å²) in [6, 6.07) is 9.17. The molecule has 5 nitrogen and oxygen atoms in total. The van der Waals surface area contributed by atoms with Crippen molar-refractivity contribution in [2.45, 2.75) is 18.6 Å². The lowest BCUT2D eigenvalue weighted by Gasteiger charge is -2.23. The molecule has 1 saturated heterocycles. The molecule has 1 aliphatic rings. The van der Waals surface area contributed by atoms with E-state index in [2.05, 4.69) is 10.6 Å². The van der Waals surface area contributed by atoms with Gasteiger partial charge >= 0.3 is 0 Å². The third kappa shape index (κ3) is 4.31. The molecule has 104 valence electrons. The van der Waals surface area contributed by atoms with Crippen LogP contribution in [0.3, 0.4) is 0 Å². The number of aliphatic hydroxyl groups is 1. The topological polar surface area (TPSA) is 70.6 Å². The fraction of sp³-hybridized carbons (Fsp3) is 0.500. The van der Waals surface area contributed by atoms with Gasteiger partial charge in [0.25, 0.3) is 0 Å². The van der Waals surface area contributed by atoms with Crippen LogP contribution in [0.1, 0.15) is 18.1 Å². The normalized spacial score (nSPS) is 20.8. The molecular formula is C14H20N2O3. The van der Waals surface area contributed by atoms with Crippen molar-refractivity contribution in [3.8, 4) is 0 Å². The van der Waals surface area contributed by atoms with Crippen LogP contribution in [0.4, 0.5) is 0 Å². The number of carbonyl (C=O) groups is 1. The van der Waals surface area contributed by atoms with E-state index in [0.717, 1.165) is 5.56 Å². The second-order valence-electron chi connectivity index (χ2n) is 4.59. The minimum Gasteiger partial charge on any atom is -0.388 e. The zero-order chi connectivity index (χ0) is 13.5. The lowest BCUT2D eigenvalue weighted by atomic mass is 10.1. The van der Waals surface area contributed by atoms with Gasteiger partial charge in [-0.2, -0.15) is 0 Å². The van der Waals surface area contributed by atoms with E-state index in [9.17, 15) is 9.90 Å². The molecule has 0 aromatic heterocycles. The summed E-state index contributed by atoms with van der Waals surface area (Å²) in [5.74, 6) is -0.0695. The van der Waals surface area contributed by atoms with Crippen molar-refractivity contribution in [3.63, 3.8) is 0 Å². The third-order valence-corrected chi connectivity index (χ3v) is 3.14. The summed E-state index contributed by atoms with van der Waals surface area (Å²) in [5.41, 5.74) is 0.871. The standard InChI is InChI=1S/C14H20N2O3/c17-13(11-4-2-1-3-5-11)6-7-16-14(18)12-10-19-9-8-15-12/h1-5,12-13,15,17H,6-10H2,(H,16,18). The molecule has 5 heteroatoms. The number of benzene rings is 1. The highest BCUT2D eigenvalue weighted by Gasteiger charge is 2.20. The van der Waals surface area contributed by atoms with Gasteiger partial charge in [0.2, 0.25) is 5.91 Å². The molecule has 1 aliphatic heterocycles. The maximum absolute atomic E-state index is 11.8. The Labute approximate surface area is 113 Å². The zero-order valence-corrected chi connectivity index (χ0v) is 10.8. The average molecular weight is 264 g/mol. The van der Waals surface area contributed by atoms with Crippen molar-refractivity contribution in [1.29, 1.82) is 0 Å². The van der Waals surface area contributed by atoms with Crippen LogP contribution in [0.25, 0.3) is 0 Å². The number of nitrogens with one attached hydrogen (secondary N) is 2. The van der Waals surface area contributed by atoms with Crippen LogP contribution >= 0.6 is 0 Å². The lowest BCUT2D eigenvalue weighted by molar-refractivity contribution is -0.125. The maximum atomic E-state index is 11.8. The second kappa shape index (κ2) is 7.23. The predicted molar refractivity (Wildman–Crippen MR) is 71.6 cm³/mol. The monoisotopic (exact) mass is 264 g/mol. The van der Waals surface area contributed by atoms with Crippen molar-refractivity contribution >= 4 is 5.91 Å². The largest absolute Gasteiger partial charge is 0.388 e. The Morgan fingerprint density at radius 1 is 1.47 bits per heavy atom. The first-order chi connectivity index (χ1) is 9.27. The molecule has 19 heavy (non-hydrogen) atoms.